The minimum Gasteiger partial charge on any atom is -0.311 e. The zero-order valence-corrected chi connectivity index (χ0v) is 17.6. The number of rotatable bonds is 6. The van der Waals surface area contributed by atoms with Gasteiger partial charge in [0.2, 0.25) is 0 Å². The van der Waals surface area contributed by atoms with Crippen LogP contribution in [0.25, 0.3) is 0 Å². The Morgan fingerprint density at radius 3 is 1.79 bits per heavy atom. The molecule has 0 bridgehead atoms. The molecule has 3 rings (SSSR count). The van der Waals surface area contributed by atoms with Crippen molar-refractivity contribution in [3.8, 4) is 0 Å². The van der Waals surface area contributed by atoms with Crippen LogP contribution in [0.1, 0.15) is 34.0 Å². The van der Waals surface area contributed by atoms with Gasteiger partial charge >= 0.3 is 0 Å². The first-order chi connectivity index (χ1) is 13.3. The smallest absolute Gasteiger partial charge is 0.261 e. The molecule has 0 radical (unpaired) electrons. The van der Waals surface area contributed by atoms with E-state index in [1.807, 2.05) is 69.3 Å². The highest BCUT2D eigenvalue weighted by Gasteiger charge is 2.33. The maximum absolute atomic E-state index is 14.0. The minimum atomic E-state index is -3.41. The normalized spacial score (nSPS) is 12.6. The molecule has 0 saturated carbocycles. The first-order valence-corrected chi connectivity index (χ1v) is 11.0. The highest BCUT2D eigenvalue weighted by molar-refractivity contribution is 7.74. The molecule has 144 valence electrons. The van der Waals surface area contributed by atoms with Crippen LogP contribution >= 0.6 is 7.37 Å². The van der Waals surface area contributed by atoms with Crippen molar-refractivity contribution in [2.45, 2.75) is 33.8 Å². The third-order valence-corrected chi connectivity index (χ3v) is 7.76. The molecule has 0 aromatic heterocycles. The second-order valence-electron chi connectivity index (χ2n) is 7.01. The Morgan fingerprint density at radius 1 is 0.786 bits per heavy atom. The van der Waals surface area contributed by atoms with E-state index >= 15 is 0 Å². The van der Waals surface area contributed by atoms with Gasteiger partial charge in [0.15, 0.2) is 5.78 Å². The lowest BCUT2D eigenvalue weighted by Gasteiger charge is -2.23. The molecule has 0 N–H and O–H groups in total. The van der Waals surface area contributed by atoms with E-state index < -0.39 is 13.5 Å². The van der Waals surface area contributed by atoms with Crippen LogP contribution in [0.5, 0.6) is 0 Å². The van der Waals surface area contributed by atoms with Crippen molar-refractivity contribution in [3.05, 3.63) is 95.1 Å². The summed E-state index contributed by atoms with van der Waals surface area (Å²) in [6, 6.07) is 22.0. The fourth-order valence-corrected chi connectivity index (χ4v) is 5.44. The predicted molar refractivity (Wildman–Crippen MR) is 115 cm³/mol. The molecular weight excluding hydrogens is 367 g/mol. The second kappa shape index (κ2) is 8.26. The van der Waals surface area contributed by atoms with Crippen LogP contribution in [0.15, 0.2) is 72.8 Å². The average molecular weight is 392 g/mol. The predicted octanol–water partition coefficient (Wildman–Crippen LogP) is 5.13. The Labute approximate surface area is 166 Å². The maximum Gasteiger partial charge on any atom is 0.261 e. The molecule has 0 fully saturated rings. The van der Waals surface area contributed by atoms with Gasteiger partial charge in [0, 0.05) is 16.2 Å². The summed E-state index contributed by atoms with van der Waals surface area (Å²) < 4.78 is 20.1. The van der Waals surface area contributed by atoms with Gasteiger partial charge < -0.3 is 4.52 Å². The first kappa shape index (κ1) is 20.3. The van der Waals surface area contributed by atoms with E-state index in [1.165, 1.54) is 0 Å². The number of hydrogen-bond acceptors (Lipinski definition) is 3. The third-order valence-electron chi connectivity index (χ3n) is 5.19. The van der Waals surface area contributed by atoms with Crippen LogP contribution in [0.3, 0.4) is 0 Å². The molecule has 0 aliphatic carbocycles. The molecule has 3 aromatic rings. The van der Waals surface area contributed by atoms with E-state index in [-0.39, 0.29) is 5.78 Å². The van der Waals surface area contributed by atoms with Crippen LogP contribution < -0.4 is 10.6 Å². The molecule has 3 nitrogen and oxygen atoms in total. The Hall–Kier alpha value is -2.48. The summed E-state index contributed by atoms with van der Waals surface area (Å²) in [7, 11) is -3.41. The molecule has 1 atom stereocenters. The van der Waals surface area contributed by atoms with Gasteiger partial charge in [0.05, 0.1) is 0 Å². The molecule has 28 heavy (non-hydrogen) atoms. The monoisotopic (exact) mass is 392 g/mol. The van der Waals surface area contributed by atoms with Gasteiger partial charge in [0.1, 0.15) is 6.10 Å². The van der Waals surface area contributed by atoms with Gasteiger partial charge in [-0.05, 0) is 68.7 Å². The van der Waals surface area contributed by atoms with Crippen LogP contribution in [0, 0.1) is 20.8 Å². The number of hydrogen-bond donors (Lipinski definition) is 0. The third kappa shape index (κ3) is 3.87. The van der Waals surface area contributed by atoms with Crippen molar-refractivity contribution in [1.29, 1.82) is 0 Å². The average Bonchev–Trinajstić information content (AvgIpc) is 2.73. The van der Waals surface area contributed by atoms with E-state index in [0.29, 0.717) is 16.2 Å². The lowest BCUT2D eigenvalue weighted by Crippen LogP contribution is -2.27. The summed E-state index contributed by atoms with van der Waals surface area (Å²) in [5.41, 5.74) is 3.78. The van der Waals surface area contributed by atoms with E-state index in [9.17, 15) is 9.36 Å². The lowest BCUT2D eigenvalue weighted by atomic mass is 9.95. The summed E-state index contributed by atoms with van der Waals surface area (Å²) in [5, 5.41) is 1.16. The fraction of sp³-hybridized carbons (Fsp3) is 0.208. The summed E-state index contributed by atoms with van der Waals surface area (Å²) in [6.45, 7) is 7.65. The van der Waals surface area contributed by atoms with Crippen molar-refractivity contribution >= 4 is 23.8 Å². The molecule has 0 aliphatic rings. The van der Waals surface area contributed by atoms with Gasteiger partial charge in [-0.25, -0.2) is 0 Å². The number of carbonyl (C=O) groups is 1. The standard InChI is InChI=1S/C24H25O3P/c1-17-15-16-23(19(3)18(17)2)24(25)20(4)27-28(26,21-11-7-5-8-12-21)22-13-9-6-10-14-22/h5-16,20H,1-4H3. The number of ketones is 1. The molecule has 0 spiro atoms. The lowest BCUT2D eigenvalue weighted by molar-refractivity contribution is 0.0826. The Kier molecular flexibility index (Phi) is 5.98. The molecular formula is C24H25O3P. The van der Waals surface area contributed by atoms with E-state index in [2.05, 4.69) is 0 Å². The van der Waals surface area contributed by atoms with Crippen LogP contribution in [0.2, 0.25) is 0 Å². The molecule has 0 aliphatic heterocycles. The van der Waals surface area contributed by atoms with Gasteiger partial charge in [-0.15, -0.1) is 0 Å². The minimum absolute atomic E-state index is 0.160. The van der Waals surface area contributed by atoms with Crippen molar-refractivity contribution < 1.29 is 13.9 Å². The largest absolute Gasteiger partial charge is 0.311 e. The van der Waals surface area contributed by atoms with Crippen LogP contribution in [-0.4, -0.2) is 11.9 Å². The van der Waals surface area contributed by atoms with Crippen LogP contribution in [-0.2, 0) is 9.09 Å². The van der Waals surface area contributed by atoms with Gasteiger partial charge in [-0.3, -0.25) is 9.36 Å². The number of carbonyl (C=O) groups excluding carboxylic acids is 1. The molecule has 3 aromatic carbocycles. The van der Waals surface area contributed by atoms with E-state index in [4.69, 9.17) is 4.52 Å². The summed E-state index contributed by atoms with van der Waals surface area (Å²) in [5.74, 6) is -0.160. The van der Waals surface area contributed by atoms with E-state index in [1.54, 1.807) is 31.2 Å². The second-order valence-corrected chi connectivity index (χ2v) is 9.36. The Bertz CT molecular complexity index is 983. The topological polar surface area (TPSA) is 43.4 Å². The zero-order chi connectivity index (χ0) is 20.3. The number of Topliss-reactive ketones (excluding diaryl/α,β-unsaturated/α-hetero) is 1. The quantitative estimate of drug-likeness (QED) is 0.432. The van der Waals surface area contributed by atoms with Crippen molar-refractivity contribution in [2.75, 3.05) is 0 Å². The van der Waals surface area contributed by atoms with Gasteiger partial charge in [0.25, 0.3) is 7.37 Å². The van der Waals surface area contributed by atoms with Gasteiger partial charge in [-0.1, -0.05) is 48.5 Å². The summed E-state index contributed by atoms with van der Waals surface area (Å²) in [4.78, 5) is 13.1. The van der Waals surface area contributed by atoms with Crippen LogP contribution in [0.4, 0.5) is 0 Å². The summed E-state index contributed by atoms with van der Waals surface area (Å²) >= 11 is 0. The zero-order valence-electron chi connectivity index (χ0n) is 16.7. The Morgan fingerprint density at radius 2 is 1.29 bits per heavy atom. The Balaban J connectivity index is 1.99. The molecule has 1 unspecified atom stereocenters. The van der Waals surface area contributed by atoms with Crippen molar-refractivity contribution in [3.63, 3.8) is 0 Å². The maximum atomic E-state index is 14.0. The SMILES string of the molecule is Cc1ccc(C(=O)C(C)OP(=O)(c2ccccc2)c2ccccc2)c(C)c1C. The number of aryl methyl sites for hydroxylation is 1. The highest BCUT2D eigenvalue weighted by atomic mass is 31.2. The molecule has 4 heteroatoms. The molecule has 0 heterocycles. The summed E-state index contributed by atoms with van der Waals surface area (Å²) in [6.07, 6.45) is -0.841. The van der Waals surface area contributed by atoms with E-state index in [0.717, 1.165) is 16.7 Å². The van der Waals surface area contributed by atoms with Gasteiger partial charge in [-0.2, -0.15) is 0 Å². The van der Waals surface area contributed by atoms with Crippen molar-refractivity contribution in [2.24, 2.45) is 0 Å². The number of benzene rings is 3. The van der Waals surface area contributed by atoms with Crippen molar-refractivity contribution in [1.82, 2.24) is 0 Å². The highest BCUT2D eigenvalue weighted by Crippen LogP contribution is 2.46. The first-order valence-electron chi connectivity index (χ1n) is 9.35. The molecule has 0 saturated heterocycles. The molecule has 0 amide bonds. The fourth-order valence-electron chi connectivity index (χ4n) is 3.23.